The van der Waals surface area contributed by atoms with Crippen molar-refractivity contribution in [2.24, 2.45) is 5.92 Å². The van der Waals surface area contributed by atoms with Crippen LogP contribution in [-0.2, 0) is 6.42 Å². The summed E-state index contributed by atoms with van der Waals surface area (Å²) in [6, 6.07) is 3.82. The summed E-state index contributed by atoms with van der Waals surface area (Å²) in [4.78, 5) is 31.5. The Hall–Kier alpha value is -2.54. The van der Waals surface area contributed by atoms with Gasteiger partial charge in [0.25, 0.3) is 5.91 Å². The zero-order chi connectivity index (χ0) is 17.1. The molecule has 1 aliphatic heterocycles. The Morgan fingerprint density at radius 2 is 2.28 bits per heavy atom. The van der Waals surface area contributed by atoms with Crippen molar-refractivity contribution in [2.75, 3.05) is 13.1 Å². The van der Waals surface area contributed by atoms with Crippen LogP contribution < -0.4 is 0 Å². The minimum absolute atomic E-state index is 0.152. The number of nitrogens with zero attached hydrogens (tertiary/aromatic N) is 4. The lowest BCUT2D eigenvalue weighted by atomic mass is 9.93. The SMILES string of the molecule is O=C(c1cccs1)N1CCC[C@H](Cc2cnc(-c3ncc[nH]3)cn2)C1. The minimum atomic E-state index is 0.152. The van der Waals surface area contributed by atoms with Crippen LogP contribution >= 0.6 is 11.3 Å². The number of carbonyl (C=O) groups is 1. The van der Waals surface area contributed by atoms with Gasteiger partial charge in [-0.2, -0.15) is 0 Å². The van der Waals surface area contributed by atoms with E-state index < -0.39 is 0 Å². The highest BCUT2D eigenvalue weighted by Crippen LogP contribution is 2.23. The summed E-state index contributed by atoms with van der Waals surface area (Å²) in [5, 5.41) is 1.95. The molecule has 1 amide bonds. The van der Waals surface area contributed by atoms with Crippen molar-refractivity contribution in [2.45, 2.75) is 19.3 Å². The van der Waals surface area contributed by atoms with E-state index in [0.29, 0.717) is 5.92 Å². The molecule has 3 aromatic rings. The second kappa shape index (κ2) is 7.14. The van der Waals surface area contributed by atoms with E-state index in [4.69, 9.17) is 0 Å². The molecule has 1 fully saturated rings. The van der Waals surface area contributed by atoms with Crippen LogP contribution in [0.2, 0.25) is 0 Å². The van der Waals surface area contributed by atoms with Crippen LogP contribution in [0.4, 0.5) is 0 Å². The number of imidazole rings is 1. The zero-order valence-electron chi connectivity index (χ0n) is 13.8. The third-order valence-electron chi connectivity index (χ3n) is 4.48. The third-order valence-corrected chi connectivity index (χ3v) is 5.34. The van der Waals surface area contributed by atoms with Crippen LogP contribution in [0.1, 0.15) is 28.2 Å². The van der Waals surface area contributed by atoms with Crippen LogP contribution in [0.15, 0.2) is 42.3 Å². The highest BCUT2D eigenvalue weighted by Gasteiger charge is 2.25. The summed E-state index contributed by atoms with van der Waals surface area (Å²) < 4.78 is 0. The molecule has 1 atom stereocenters. The van der Waals surface area contributed by atoms with E-state index in [-0.39, 0.29) is 5.91 Å². The first-order valence-corrected chi connectivity index (χ1v) is 9.31. The van der Waals surface area contributed by atoms with Gasteiger partial charge in [-0.1, -0.05) is 6.07 Å². The van der Waals surface area contributed by atoms with Crippen molar-refractivity contribution in [1.82, 2.24) is 24.8 Å². The van der Waals surface area contributed by atoms with E-state index in [0.717, 1.165) is 54.4 Å². The molecule has 0 aliphatic carbocycles. The van der Waals surface area contributed by atoms with Crippen molar-refractivity contribution in [3.8, 4) is 11.5 Å². The number of carbonyl (C=O) groups excluding carboxylic acids is 1. The lowest BCUT2D eigenvalue weighted by Gasteiger charge is -2.32. The number of aromatic amines is 1. The van der Waals surface area contributed by atoms with E-state index >= 15 is 0 Å². The molecule has 0 radical (unpaired) electrons. The maximum Gasteiger partial charge on any atom is 0.263 e. The molecule has 7 heteroatoms. The number of nitrogens with one attached hydrogen (secondary N) is 1. The van der Waals surface area contributed by atoms with Crippen molar-refractivity contribution >= 4 is 17.2 Å². The van der Waals surface area contributed by atoms with Gasteiger partial charge in [0, 0.05) is 31.7 Å². The fourth-order valence-electron chi connectivity index (χ4n) is 3.26. The van der Waals surface area contributed by atoms with Crippen LogP contribution in [0.3, 0.4) is 0 Å². The molecule has 1 aliphatic rings. The molecule has 0 bridgehead atoms. The number of hydrogen-bond donors (Lipinski definition) is 1. The van der Waals surface area contributed by atoms with Crippen molar-refractivity contribution < 1.29 is 4.79 Å². The van der Waals surface area contributed by atoms with Gasteiger partial charge in [0.1, 0.15) is 5.69 Å². The fourth-order valence-corrected chi connectivity index (χ4v) is 3.95. The molecular formula is C18H19N5OS. The van der Waals surface area contributed by atoms with Gasteiger partial charge in [-0.3, -0.25) is 9.78 Å². The summed E-state index contributed by atoms with van der Waals surface area (Å²) in [5.74, 6) is 1.31. The number of rotatable bonds is 4. The summed E-state index contributed by atoms with van der Waals surface area (Å²) in [6.07, 6.45) is 10.1. The van der Waals surface area contributed by atoms with Crippen LogP contribution in [0.5, 0.6) is 0 Å². The molecule has 25 heavy (non-hydrogen) atoms. The number of amides is 1. The summed E-state index contributed by atoms with van der Waals surface area (Å²) in [6.45, 7) is 1.63. The quantitative estimate of drug-likeness (QED) is 0.782. The monoisotopic (exact) mass is 353 g/mol. The molecule has 0 spiro atoms. The summed E-state index contributed by atoms with van der Waals surface area (Å²) in [7, 11) is 0. The number of aromatic nitrogens is 4. The normalized spacial score (nSPS) is 17.6. The second-order valence-electron chi connectivity index (χ2n) is 6.27. The van der Waals surface area contributed by atoms with Gasteiger partial charge in [-0.25, -0.2) is 9.97 Å². The predicted octanol–water partition coefficient (Wildman–Crippen LogP) is 3.02. The largest absolute Gasteiger partial charge is 0.343 e. The molecular weight excluding hydrogens is 334 g/mol. The number of piperidine rings is 1. The first-order chi connectivity index (χ1) is 12.3. The highest BCUT2D eigenvalue weighted by molar-refractivity contribution is 7.12. The standard InChI is InChI=1S/C18H19N5OS/c24-18(16-4-2-8-25-16)23-7-1-3-13(12-23)9-14-10-22-15(11-21-14)17-19-5-6-20-17/h2,4-6,8,10-11,13H,1,3,7,9,12H2,(H,19,20)/t13-/m1/s1. The smallest absolute Gasteiger partial charge is 0.263 e. The van der Waals surface area contributed by atoms with Gasteiger partial charge in [0.15, 0.2) is 5.82 Å². The van der Waals surface area contributed by atoms with Crippen molar-refractivity contribution in [1.29, 1.82) is 0 Å². The van der Waals surface area contributed by atoms with E-state index in [1.54, 1.807) is 18.6 Å². The first-order valence-electron chi connectivity index (χ1n) is 8.43. The Bertz CT molecular complexity index is 814. The first kappa shape index (κ1) is 16.0. The highest BCUT2D eigenvalue weighted by atomic mass is 32.1. The van der Waals surface area contributed by atoms with Crippen LogP contribution in [0.25, 0.3) is 11.5 Å². The lowest BCUT2D eigenvalue weighted by Crippen LogP contribution is -2.40. The van der Waals surface area contributed by atoms with Crippen molar-refractivity contribution in [3.05, 3.63) is 52.9 Å². The molecule has 0 aromatic carbocycles. The number of H-pyrrole nitrogens is 1. The van der Waals surface area contributed by atoms with E-state index in [2.05, 4.69) is 19.9 Å². The topological polar surface area (TPSA) is 74.8 Å². The molecule has 4 heterocycles. The molecule has 128 valence electrons. The average Bonchev–Trinajstić information content (AvgIpc) is 3.36. The Balaban J connectivity index is 1.40. The summed E-state index contributed by atoms with van der Waals surface area (Å²) in [5.41, 5.74) is 1.71. The number of likely N-dealkylation sites (tertiary alicyclic amines) is 1. The van der Waals surface area contributed by atoms with E-state index in [1.165, 1.54) is 11.3 Å². The van der Waals surface area contributed by atoms with Gasteiger partial charge < -0.3 is 9.88 Å². The number of hydrogen-bond acceptors (Lipinski definition) is 5. The molecule has 1 N–H and O–H groups in total. The summed E-state index contributed by atoms with van der Waals surface area (Å²) >= 11 is 1.51. The Kier molecular flexibility index (Phi) is 4.56. The van der Waals surface area contributed by atoms with Gasteiger partial charge in [0.2, 0.25) is 0 Å². The molecule has 1 saturated heterocycles. The fraction of sp³-hybridized carbons (Fsp3) is 0.333. The molecule has 3 aromatic heterocycles. The molecule has 0 saturated carbocycles. The van der Waals surface area contributed by atoms with Gasteiger partial charge >= 0.3 is 0 Å². The molecule has 0 unspecified atom stereocenters. The Morgan fingerprint density at radius 1 is 1.32 bits per heavy atom. The van der Waals surface area contributed by atoms with Crippen LogP contribution in [0, 0.1) is 5.92 Å². The van der Waals surface area contributed by atoms with Crippen molar-refractivity contribution in [3.63, 3.8) is 0 Å². The average molecular weight is 353 g/mol. The van der Waals surface area contributed by atoms with Crippen LogP contribution in [-0.4, -0.2) is 43.8 Å². The van der Waals surface area contributed by atoms with Gasteiger partial charge in [0.05, 0.1) is 16.8 Å². The maximum atomic E-state index is 12.5. The Labute approximate surface area is 150 Å². The Morgan fingerprint density at radius 3 is 3.00 bits per heavy atom. The predicted molar refractivity (Wildman–Crippen MR) is 96.3 cm³/mol. The van der Waals surface area contributed by atoms with E-state index in [9.17, 15) is 4.79 Å². The minimum Gasteiger partial charge on any atom is -0.343 e. The van der Waals surface area contributed by atoms with E-state index in [1.807, 2.05) is 28.6 Å². The lowest BCUT2D eigenvalue weighted by molar-refractivity contribution is 0.0677. The molecule has 6 nitrogen and oxygen atoms in total. The van der Waals surface area contributed by atoms with Gasteiger partial charge in [-0.15, -0.1) is 11.3 Å². The van der Waals surface area contributed by atoms with Gasteiger partial charge in [-0.05, 0) is 36.6 Å². The second-order valence-corrected chi connectivity index (χ2v) is 7.22. The zero-order valence-corrected chi connectivity index (χ0v) is 14.6. The maximum absolute atomic E-state index is 12.5. The number of thiophene rings is 1. The third kappa shape index (κ3) is 3.61. The molecule has 4 rings (SSSR count).